The first-order valence-corrected chi connectivity index (χ1v) is 6.19. The Morgan fingerprint density at radius 2 is 1.81 bits per heavy atom. The molecule has 1 aliphatic carbocycles. The van der Waals surface area contributed by atoms with Crippen LogP contribution < -0.4 is 10.5 Å². The molecule has 0 aliphatic heterocycles. The van der Waals surface area contributed by atoms with E-state index in [1.807, 2.05) is 26.0 Å². The zero-order valence-corrected chi connectivity index (χ0v) is 10.1. The van der Waals surface area contributed by atoms with Gasteiger partial charge in [0.05, 0.1) is 6.10 Å². The van der Waals surface area contributed by atoms with Crippen LogP contribution in [0.2, 0.25) is 0 Å². The van der Waals surface area contributed by atoms with Crippen molar-refractivity contribution in [2.45, 2.75) is 45.3 Å². The first-order chi connectivity index (χ1) is 7.66. The van der Waals surface area contributed by atoms with Crippen LogP contribution in [0.5, 0.6) is 5.75 Å². The summed E-state index contributed by atoms with van der Waals surface area (Å²) in [5.74, 6) is 1.62. The lowest BCUT2D eigenvalue weighted by Crippen LogP contribution is -2.26. The van der Waals surface area contributed by atoms with Gasteiger partial charge in [0.2, 0.25) is 0 Å². The lowest BCUT2D eigenvalue weighted by Gasteiger charge is -2.31. The summed E-state index contributed by atoms with van der Waals surface area (Å²) in [6.07, 6.45) is 4.13. The van der Waals surface area contributed by atoms with Crippen LogP contribution in [-0.4, -0.2) is 6.10 Å². The van der Waals surface area contributed by atoms with E-state index in [-0.39, 0.29) is 12.1 Å². The molecule has 1 atom stereocenters. The molecular formula is C14H21NO. The maximum absolute atomic E-state index is 6.21. The summed E-state index contributed by atoms with van der Waals surface area (Å²) >= 11 is 0. The molecule has 0 radical (unpaired) electrons. The van der Waals surface area contributed by atoms with Crippen LogP contribution in [0.15, 0.2) is 24.3 Å². The Morgan fingerprint density at radius 1 is 1.19 bits per heavy atom. The number of benzene rings is 1. The van der Waals surface area contributed by atoms with Crippen molar-refractivity contribution >= 4 is 0 Å². The van der Waals surface area contributed by atoms with Gasteiger partial charge in [0.25, 0.3) is 0 Å². The van der Waals surface area contributed by atoms with Gasteiger partial charge in [-0.25, -0.2) is 0 Å². The van der Waals surface area contributed by atoms with Crippen molar-refractivity contribution in [2.24, 2.45) is 11.7 Å². The van der Waals surface area contributed by atoms with Gasteiger partial charge in [-0.2, -0.15) is 0 Å². The second-order valence-electron chi connectivity index (χ2n) is 4.95. The summed E-state index contributed by atoms with van der Waals surface area (Å²) in [5.41, 5.74) is 7.45. The summed E-state index contributed by atoms with van der Waals surface area (Å²) in [6, 6.07) is 8.45. The van der Waals surface area contributed by atoms with Gasteiger partial charge in [-0.05, 0) is 50.3 Å². The Morgan fingerprint density at radius 3 is 2.25 bits per heavy atom. The Balaban J connectivity index is 2.00. The minimum absolute atomic E-state index is 0.210. The first kappa shape index (κ1) is 11.5. The average Bonchev–Trinajstić information content (AvgIpc) is 2.15. The number of ether oxygens (including phenoxy) is 1. The molecule has 0 bridgehead atoms. The van der Waals surface area contributed by atoms with Gasteiger partial charge in [-0.15, -0.1) is 0 Å². The maximum atomic E-state index is 6.21. The van der Waals surface area contributed by atoms with E-state index in [0.717, 1.165) is 5.75 Å². The van der Waals surface area contributed by atoms with E-state index in [4.69, 9.17) is 10.5 Å². The third-order valence-corrected chi connectivity index (χ3v) is 3.29. The van der Waals surface area contributed by atoms with E-state index in [9.17, 15) is 0 Å². The molecule has 2 nitrogen and oxygen atoms in total. The standard InChI is InChI=1S/C14H21NO/c1-10(2)16-13-8-6-12(7-9-13)14(15)11-4-3-5-11/h6-11,14H,3-5,15H2,1-2H3/t14-/m1/s1. The van der Waals surface area contributed by atoms with E-state index in [0.29, 0.717) is 5.92 Å². The highest BCUT2D eigenvalue weighted by Crippen LogP contribution is 2.36. The Kier molecular flexibility index (Phi) is 3.49. The first-order valence-electron chi connectivity index (χ1n) is 6.19. The fourth-order valence-corrected chi connectivity index (χ4v) is 2.11. The van der Waals surface area contributed by atoms with Crippen LogP contribution in [-0.2, 0) is 0 Å². The Bertz CT molecular complexity index is 327. The average molecular weight is 219 g/mol. The zero-order chi connectivity index (χ0) is 11.5. The molecule has 0 amide bonds. The van der Waals surface area contributed by atoms with Crippen molar-refractivity contribution in [1.82, 2.24) is 0 Å². The molecule has 1 aromatic carbocycles. The molecule has 0 saturated heterocycles. The minimum Gasteiger partial charge on any atom is -0.491 e. The highest BCUT2D eigenvalue weighted by atomic mass is 16.5. The van der Waals surface area contributed by atoms with E-state index >= 15 is 0 Å². The molecule has 88 valence electrons. The second kappa shape index (κ2) is 4.88. The van der Waals surface area contributed by atoms with Gasteiger partial charge in [0.1, 0.15) is 5.75 Å². The largest absolute Gasteiger partial charge is 0.491 e. The van der Waals surface area contributed by atoms with E-state index < -0.39 is 0 Å². The van der Waals surface area contributed by atoms with Gasteiger partial charge in [0, 0.05) is 6.04 Å². The molecule has 1 fully saturated rings. The smallest absolute Gasteiger partial charge is 0.119 e. The molecule has 0 spiro atoms. The van der Waals surface area contributed by atoms with Crippen molar-refractivity contribution < 1.29 is 4.74 Å². The van der Waals surface area contributed by atoms with Crippen LogP contribution in [0.3, 0.4) is 0 Å². The third-order valence-electron chi connectivity index (χ3n) is 3.29. The van der Waals surface area contributed by atoms with Crippen LogP contribution in [0.25, 0.3) is 0 Å². The van der Waals surface area contributed by atoms with Crippen molar-refractivity contribution in [3.05, 3.63) is 29.8 Å². The molecule has 1 aliphatic rings. The molecule has 1 saturated carbocycles. The van der Waals surface area contributed by atoms with Crippen LogP contribution in [0, 0.1) is 5.92 Å². The molecule has 2 rings (SSSR count). The highest BCUT2D eigenvalue weighted by molar-refractivity contribution is 5.29. The monoisotopic (exact) mass is 219 g/mol. The van der Waals surface area contributed by atoms with Gasteiger partial charge in [0.15, 0.2) is 0 Å². The number of hydrogen-bond donors (Lipinski definition) is 1. The molecule has 0 heterocycles. The summed E-state index contributed by atoms with van der Waals surface area (Å²) < 4.78 is 5.61. The lowest BCUT2D eigenvalue weighted by atomic mass is 9.78. The maximum Gasteiger partial charge on any atom is 0.119 e. The van der Waals surface area contributed by atoms with E-state index in [1.165, 1.54) is 24.8 Å². The quantitative estimate of drug-likeness (QED) is 0.843. The van der Waals surface area contributed by atoms with Crippen molar-refractivity contribution in [3.8, 4) is 5.75 Å². The summed E-state index contributed by atoms with van der Waals surface area (Å²) in [7, 11) is 0. The Hall–Kier alpha value is -1.02. The summed E-state index contributed by atoms with van der Waals surface area (Å²) in [6.45, 7) is 4.07. The van der Waals surface area contributed by atoms with E-state index in [2.05, 4.69) is 12.1 Å². The fraction of sp³-hybridized carbons (Fsp3) is 0.571. The third kappa shape index (κ3) is 2.56. The zero-order valence-electron chi connectivity index (χ0n) is 10.1. The molecular weight excluding hydrogens is 198 g/mol. The van der Waals surface area contributed by atoms with Crippen LogP contribution >= 0.6 is 0 Å². The van der Waals surface area contributed by atoms with Crippen LogP contribution in [0.1, 0.15) is 44.7 Å². The predicted molar refractivity (Wildman–Crippen MR) is 66.5 cm³/mol. The summed E-state index contributed by atoms with van der Waals surface area (Å²) in [4.78, 5) is 0. The molecule has 16 heavy (non-hydrogen) atoms. The minimum atomic E-state index is 0.210. The topological polar surface area (TPSA) is 35.2 Å². The van der Waals surface area contributed by atoms with Gasteiger partial charge in [-0.3, -0.25) is 0 Å². The summed E-state index contributed by atoms with van der Waals surface area (Å²) in [5, 5.41) is 0. The van der Waals surface area contributed by atoms with Gasteiger partial charge >= 0.3 is 0 Å². The van der Waals surface area contributed by atoms with Crippen LogP contribution in [0.4, 0.5) is 0 Å². The number of rotatable bonds is 4. The predicted octanol–water partition coefficient (Wildman–Crippen LogP) is 3.27. The highest BCUT2D eigenvalue weighted by Gasteiger charge is 2.25. The number of nitrogens with two attached hydrogens (primary N) is 1. The van der Waals surface area contributed by atoms with Crippen molar-refractivity contribution in [2.75, 3.05) is 0 Å². The lowest BCUT2D eigenvalue weighted by molar-refractivity contribution is 0.241. The SMILES string of the molecule is CC(C)Oc1ccc([C@H](N)C2CCC2)cc1. The molecule has 2 heteroatoms. The second-order valence-corrected chi connectivity index (χ2v) is 4.95. The fourth-order valence-electron chi connectivity index (χ4n) is 2.11. The van der Waals surface area contributed by atoms with Crippen molar-refractivity contribution in [1.29, 1.82) is 0 Å². The molecule has 0 unspecified atom stereocenters. The van der Waals surface area contributed by atoms with Gasteiger partial charge in [-0.1, -0.05) is 18.6 Å². The Labute approximate surface area is 97.8 Å². The molecule has 1 aromatic rings. The molecule has 2 N–H and O–H groups in total. The van der Waals surface area contributed by atoms with Gasteiger partial charge < -0.3 is 10.5 Å². The number of hydrogen-bond acceptors (Lipinski definition) is 2. The van der Waals surface area contributed by atoms with Crippen molar-refractivity contribution in [3.63, 3.8) is 0 Å². The molecule has 0 aromatic heterocycles. The normalized spacial score (nSPS) is 18.2. The van der Waals surface area contributed by atoms with E-state index in [1.54, 1.807) is 0 Å².